The predicted octanol–water partition coefficient (Wildman–Crippen LogP) is 3.44. The Kier molecular flexibility index (Phi) is 6.97. The quantitative estimate of drug-likeness (QED) is 0.405. The highest BCUT2D eigenvalue weighted by molar-refractivity contribution is 5.87. The molecule has 0 aromatic heterocycles. The fraction of sp³-hybridized carbons (Fsp3) is 0.645. The fourth-order valence-corrected chi connectivity index (χ4v) is 6.94. The van der Waals surface area contributed by atoms with Crippen LogP contribution in [0.3, 0.4) is 0 Å². The molecule has 41 heavy (non-hydrogen) atoms. The Morgan fingerprint density at radius 2 is 1.83 bits per heavy atom. The third kappa shape index (κ3) is 4.99. The van der Waals surface area contributed by atoms with E-state index in [9.17, 15) is 19.5 Å². The lowest BCUT2D eigenvalue weighted by Gasteiger charge is -2.61. The fourth-order valence-electron chi connectivity index (χ4n) is 6.94. The molecule has 2 heterocycles. The number of likely N-dealkylation sites (tertiary alicyclic amines) is 1. The van der Waals surface area contributed by atoms with Crippen molar-refractivity contribution in [2.75, 3.05) is 13.6 Å². The first-order valence-electron chi connectivity index (χ1n) is 14.3. The number of carbonyl (C=O) groups excluding carboxylic acids is 3. The minimum atomic E-state index is -1.33. The van der Waals surface area contributed by atoms with Gasteiger partial charge in [-0.15, -0.1) is 0 Å². The Labute approximate surface area is 241 Å². The maximum absolute atomic E-state index is 13.4. The highest BCUT2D eigenvalue weighted by atomic mass is 16.6. The summed E-state index contributed by atoms with van der Waals surface area (Å²) in [4.78, 5) is 41.1. The van der Waals surface area contributed by atoms with Gasteiger partial charge in [-0.2, -0.15) is 0 Å². The van der Waals surface area contributed by atoms with Gasteiger partial charge < -0.3 is 34.3 Å². The van der Waals surface area contributed by atoms with Crippen LogP contribution in [0, 0.1) is 6.92 Å². The van der Waals surface area contributed by atoms with Gasteiger partial charge >= 0.3 is 18.0 Å². The summed E-state index contributed by atoms with van der Waals surface area (Å²) in [6, 6.07) is 2.72. The van der Waals surface area contributed by atoms with E-state index in [1.165, 1.54) is 0 Å². The summed E-state index contributed by atoms with van der Waals surface area (Å²) in [5.74, 6) is -0.453. The largest absolute Gasteiger partial charge is 0.481 e. The van der Waals surface area contributed by atoms with Crippen molar-refractivity contribution < 1.29 is 38.4 Å². The van der Waals surface area contributed by atoms with E-state index >= 15 is 0 Å². The predicted molar refractivity (Wildman–Crippen MR) is 149 cm³/mol. The summed E-state index contributed by atoms with van der Waals surface area (Å²) in [6.45, 7) is 12.9. The molecule has 2 aliphatic heterocycles. The summed E-state index contributed by atoms with van der Waals surface area (Å²) < 4.78 is 23.2. The van der Waals surface area contributed by atoms with Gasteiger partial charge in [0.2, 0.25) is 0 Å². The molecular formula is C31H42N2O8. The van der Waals surface area contributed by atoms with Crippen LogP contribution in [0.4, 0.5) is 4.79 Å². The molecule has 0 unspecified atom stereocenters. The second-order valence-corrected chi connectivity index (χ2v) is 13.8. The molecule has 224 valence electrons. The van der Waals surface area contributed by atoms with E-state index in [1.54, 1.807) is 47.6 Å². The van der Waals surface area contributed by atoms with Gasteiger partial charge in [-0.1, -0.05) is 12.1 Å². The van der Waals surface area contributed by atoms with E-state index in [0.717, 1.165) is 29.0 Å². The number of ether oxygens (including phenoxy) is 4. The zero-order valence-corrected chi connectivity index (χ0v) is 25.3. The van der Waals surface area contributed by atoms with Gasteiger partial charge in [0.05, 0.1) is 17.4 Å². The van der Waals surface area contributed by atoms with E-state index < -0.39 is 58.8 Å². The van der Waals surface area contributed by atoms with Crippen LogP contribution in [0.1, 0.15) is 77.5 Å². The monoisotopic (exact) mass is 570 g/mol. The van der Waals surface area contributed by atoms with Gasteiger partial charge in [0.15, 0.2) is 6.10 Å². The average Bonchev–Trinajstić information content (AvgIpc) is 3.18. The van der Waals surface area contributed by atoms with Crippen molar-refractivity contribution in [2.24, 2.45) is 0 Å². The third-order valence-corrected chi connectivity index (χ3v) is 8.56. The molecule has 1 aromatic carbocycles. The minimum Gasteiger partial charge on any atom is -0.481 e. The molecule has 10 nitrogen and oxygen atoms in total. The first-order valence-corrected chi connectivity index (χ1v) is 14.3. The van der Waals surface area contributed by atoms with Crippen LogP contribution in [-0.2, 0) is 35.6 Å². The molecule has 1 amide bonds. The van der Waals surface area contributed by atoms with Crippen molar-refractivity contribution in [3.8, 4) is 5.75 Å². The summed E-state index contributed by atoms with van der Waals surface area (Å²) >= 11 is 0. The number of hydrogen-bond acceptors (Lipinski definition) is 9. The smallest absolute Gasteiger partial charge is 0.408 e. The normalized spacial score (nSPS) is 29.0. The Hall–Kier alpha value is -3.11. The lowest BCUT2D eigenvalue weighted by atomic mass is 9.50. The van der Waals surface area contributed by atoms with Gasteiger partial charge in [-0.3, -0.25) is 4.79 Å². The van der Waals surface area contributed by atoms with E-state index in [2.05, 4.69) is 16.3 Å². The van der Waals surface area contributed by atoms with Crippen molar-refractivity contribution in [1.29, 1.82) is 0 Å². The van der Waals surface area contributed by atoms with Gasteiger partial charge in [0.1, 0.15) is 28.8 Å². The van der Waals surface area contributed by atoms with Crippen LogP contribution >= 0.6 is 0 Å². The molecule has 2 aliphatic carbocycles. The highest BCUT2D eigenvalue weighted by Gasteiger charge is 2.71. The van der Waals surface area contributed by atoms with Crippen LogP contribution in [0.2, 0.25) is 0 Å². The summed E-state index contributed by atoms with van der Waals surface area (Å²) in [5.41, 5.74) is -0.363. The van der Waals surface area contributed by atoms with E-state index in [4.69, 9.17) is 18.9 Å². The number of piperidine rings is 1. The van der Waals surface area contributed by atoms with Crippen molar-refractivity contribution in [2.45, 2.75) is 115 Å². The van der Waals surface area contributed by atoms with Crippen LogP contribution in [-0.4, -0.2) is 76.6 Å². The second kappa shape index (κ2) is 9.73. The van der Waals surface area contributed by atoms with E-state index in [-0.39, 0.29) is 6.04 Å². The van der Waals surface area contributed by atoms with Crippen molar-refractivity contribution >= 4 is 18.0 Å². The maximum Gasteiger partial charge on any atom is 0.408 e. The van der Waals surface area contributed by atoms with Crippen LogP contribution in [0.15, 0.2) is 24.0 Å². The number of benzene rings is 1. The number of amides is 1. The molecule has 2 N–H and O–H groups in total. The number of alkyl carbamates (subject to hydrolysis) is 1. The SMILES string of the molecule is Cc1ccc2c3c1O[C@H]1C(OC(=O)C[C@H](NC(=O)OC(C)(C)C)C(=O)OC(C)(C)C)=CC[C@@]4(O)[C@@H](C2)N(C)CC[C@]314. The number of carbonyl (C=O) groups is 3. The lowest BCUT2D eigenvalue weighted by molar-refractivity contribution is -0.170. The zero-order valence-electron chi connectivity index (χ0n) is 25.3. The number of hydrogen-bond donors (Lipinski definition) is 2. The molecule has 0 radical (unpaired) electrons. The summed E-state index contributed by atoms with van der Waals surface area (Å²) in [5, 5.41) is 14.8. The molecule has 5 rings (SSSR count). The average molecular weight is 571 g/mol. The van der Waals surface area contributed by atoms with Crippen molar-refractivity contribution in [1.82, 2.24) is 10.2 Å². The molecule has 1 fully saturated rings. The molecule has 0 saturated carbocycles. The lowest BCUT2D eigenvalue weighted by Crippen LogP contribution is -2.74. The first-order chi connectivity index (χ1) is 18.9. The Bertz CT molecular complexity index is 1310. The number of aliphatic hydroxyl groups is 1. The summed E-state index contributed by atoms with van der Waals surface area (Å²) in [7, 11) is 2.04. The second-order valence-electron chi connectivity index (χ2n) is 13.8. The number of nitrogens with one attached hydrogen (secondary N) is 1. The molecule has 1 spiro atoms. The van der Waals surface area contributed by atoms with Crippen LogP contribution in [0.5, 0.6) is 5.75 Å². The Balaban J connectivity index is 1.41. The molecule has 1 saturated heterocycles. The number of aryl methyl sites for hydroxylation is 1. The minimum absolute atomic E-state index is 0.105. The number of esters is 2. The van der Waals surface area contributed by atoms with Gasteiger partial charge in [0, 0.05) is 18.0 Å². The Morgan fingerprint density at radius 3 is 2.49 bits per heavy atom. The molecule has 10 heteroatoms. The van der Waals surface area contributed by atoms with Gasteiger partial charge in [0.25, 0.3) is 0 Å². The topological polar surface area (TPSA) is 124 Å². The van der Waals surface area contributed by atoms with E-state index in [1.807, 2.05) is 20.0 Å². The number of rotatable bonds is 5. The summed E-state index contributed by atoms with van der Waals surface area (Å²) in [6.07, 6.45) is 1.36. The number of likely N-dealkylation sites (N-methyl/N-ethyl adjacent to an activating group) is 1. The molecule has 4 aliphatic rings. The first kappa shape index (κ1) is 29.4. The standard InChI is InChI=1S/C31H42N2O8/c1-17-9-10-18-15-21-31(37)12-11-20(25-30(31,13-14-33(21)8)23(18)24(17)39-25)38-22(34)16-19(26(35)40-28(2,3)4)32-27(36)41-29(5,6)7/h9-11,19,21,25,37H,12-16H2,1-8H3,(H,32,36)/t19-,21+,25-,30-,31+/m0/s1. The Morgan fingerprint density at radius 1 is 1.15 bits per heavy atom. The van der Waals surface area contributed by atoms with Gasteiger partial charge in [-0.05, 0) is 92.1 Å². The van der Waals surface area contributed by atoms with Crippen LogP contribution in [0.25, 0.3) is 0 Å². The van der Waals surface area contributed by atoms with Crippen LogP contribution < -0.4 is 10.1 Å². The number of nitrogens with zero attached hydrogens (tertiary/aromatic N) is 1. The molecule has 2 bridgehead atoms. The molecular weight excluding hydrogens is 528 g/mol. The van der Waals surface area contributed by atoms with Gasteiger partial charge in [-0.25, -0.2) is 9.59 Å². The maximum atomic E-state index is 13.4. The highest BCUT2D eigenvalue weighted by Crippen LogP contribution is 2.64. The van der Waals surface area contributed by atoms with E-state index in [0.29, 0.717) is 25.0 Å². The van der Waals surface area contributed by atoms with Crippen molar-refractivity contribution in [3.63, 3.8) is 0 Å². The molecule has 5 atom stereocenters. The third-order valence-electron chi connectivity index (χ3n) is 8.56. The zero-order chi connectivity index (χ0) is 30.1. The van der Waals surface area contributed by atoms with Crippen molar-refractivity contribution in [3.05, 3.63) is 40.7 Å². The molecule has 1 aromatic rings.